The van der Waals surface area contributed by atoms with E-state index in [2.05, 4.69) is 9.97 Å². The van der Waals surface area contributed by atoms with Crippen LogP contribution in [0.25, 0.3) is 56.5 Å². The molecule has 4 aromatic heterocycles. The molecule has 0 unspecified atom stereocenters. The molecule has 0 aliphatic rings. The standard InChI is InChI=1S/C26H18N4O2/c1-15-11-17(25-29-19-7-3-5-9-23(19)31-25)13-21(27-15)22-14-18(12-16(2)28-22)26-30-20-8-4-6-10-24(20)32-26/h3-14H,1-2H3. The van der Waals surface area contributed by atoms with E-state index in [-0.39, 0.29) is 0 Å². The number of aryl methyl sites for hydroxylation is 2. The summed E-state index contributed by atoms with van der Waals surface area (Å²) in [5.41, 5.74) is 8.06. The van der Waals surface area contributed by atoms with Crippen molar-refractivity contribution >= 4 is 22.2 Å². The van der Waals surface area contributed by atoms with Gasteiger partial charge in [0.2, 0.25) is 11.8 Å². The van der Waals surface area contributed by atoms with Crippen molar-refractivity contribution in [2.45, 2.75) is 13.8 Å². The quantitative estimate of drug-likeness (QED) is 0.332. The average molecular weight is 418 g/mol. The fraction of sp³-hybridized carbons (Fsp3) is 0.0769. The molecule has 2 aromatic carbocycles. The second-order valence-electron chi connectivity index (χ2n) is 7.74. The van der Waals surface area contributed by atoms with Crippen LogP contribution in [0.3, 0.4) is 0 Å². The van der Waals surface area contributed by atoms with Crippen molar-refractivity contribution < 1.29 is 8.83 Å². The summed E-state index contributed by atoms with van der Waals surface area (Å²) in [7, 11) is 0. The molecule has 0 fully saturated rings. The first kappa shape index (κ1) is 18.4. The van der Waals surface area contributed by atoms with E-state index in [1.165, 1.54) is 0 Å². The van der Waals surface area contributed by atoms with Crippen LogP contribution >= 0.6 is 0 Å². The van der Waals surface area contributed by atoms with Crippen LogP contribution in [0.4, 0.5) is 0 Å². The van der Waals surface area contributed by atoms with Crippen molar-refractivity contribution in [2.24, 2.45) is 0 Å². The smallest absolute Gasteiger partial charge is 0.227 e. The first-order valence-electron chi connectivity index (χ1n) is 10.3. The predicted molar refractivity (Wildman–Crippen MR) is 123 cm³/mol. The van der Waals surface area contributed by atoms with Gasteiger partial charge in [0, 0.05) is 22.5 Å². The highest BCUT2D eigenvalue weighted by Gasteiger charge is 2.15. The zero-order valence-corrected chi connectivity index (χ0v) is 17.5. The molecule has 32 heavy (non-hydrogen) atoms. The van der Waals surface area contributed by atoms with Crippen LogP contribution in [0.5, 0.6) is 0 Å². The third-order valence-corrected chi connectivity index (χ3v) is 5.25. The molecule has 6 aromatic rings. The molecule has 0 amide bonds. The molecule has 0 saturated carbocycles. The highest BCUT2D eigenvalue weighted by Crippen LogP contribution is 2.31. The molecule has 0 atom stereocenters. The zero-order chi connectivity index (χ0) is 21.7. The highest BCUT2D eigenvalue weighted by atomic mass is 16.4. The second kappa shape index (κ2) is 7.13. The third-order valence-electron chi connectivity index (χ3n) is 5.25. The van der Waals surface area contributed by atoms with Crippen molar-refractivity contribution in [3.05, 3.63) is 84.2 Å². The molecule has 154 valence electrons. The topological polar surface area (TPSA) is 77.8 Å². The molecule has 6 rings (SSSR count). The Morgan fingerprint density at radius 3 is 1.41 bits per heavy atom. The number of rotatable bonds is 3. The van der Waals surface area contributed by atoms with Gasteiger partial charge in [0.15, 0.2) is 11.2 Å². The summed E-state index contributed by atoms with van der Waals surface area (Å²) in [6.07, 6.45) is 0. The number of oxazole rings is 2. The lowest BCUT2D eigenvalue weighted by Crippen LogP contribution is -1.95. The van der Waals surface area contributed by atoms with Crippen molar-refractivity contribution in [3.8, 4) is 34.3 Å². The van der Waals surface area contributed by atoms with Crippen molar-refractivity contribution in [1.82, 2.24) is 19.9 Å². The lowest BCUT2D eigenvalue weighted by molar-refractivity contribution is 0.619. The van der Waals surface area contributed by atoms with E-state index >= 15 is 0 Å². The Kier molecular flexibility index (Phi) is 4.11. The summed E-state index contributed by atoms with van der Waals surface area (Å²) in [6.45, 7) is 3.90. The van der Waals surface area contributed by atoms with Gasteiger partial charge in [0.25, 0.3) is 0 Å². The number of para-hydroxylation sites is 4. The Bertz CT molecular complexity index is 1430. The van der Waals surface area contributed by atoms with Crippen LogP contribution < -0.4 is 0 Å². The van der Waals surface area contributed by atoms with Crippen LogP contribution in [0, 0.1) is 13.8 Å². The normalized spacial score (nSPS) is 11.4. The average Bonchev–Trinajstić information content (AvgIpc) is 3.42. The fourth-order valence-corrected chi connectivity index (χ4v) is 3.84. The number of benzene rings is 2. The molecular formula is C26H18N4O2. The van der Waals surface area contributed by atoms with Crippen LogP contribution in [0.1, 0.15) is 11.4 Å². The maximum Gasteiger partial charge on any atom is 0.227 e. The molecule has 0 aliphatic heterocycles. The monoisotopic (exact) mass is 418 g/mol. The summed E-state index contributed by atoms with van der Waals surface area (Å²) in [5.74, 6) is 1.12. The van der Waals surface area contributed by atoms with Crippen LogP contribution in [0.15, 0.2) is 81.6 Å². The van der Waals surface area contributed by atoms with E-state index in [0.29, 0.717) is 11.8 Å². The Balaban J connectivity index is 1.46. The summed E-state index contributed by atoms with van der Waals surface area (Å²) >= 11 is 0. The molecule has 0 N–H and O–H groups in total. The molecule has 0 bridgehead atoms. The largest absolute Gasteiger partial charge is 0.436 e. The lowest BCUT2D eigenvalue weighted by Gasteiger charge is -2.07. The van der Waals surface area contributed by atoms with E-state index in [1.54, 1.807) is 0 Å². The van der Waals surface area contributed by atoms with E-state index in [9.17, 15) is 0 Å². The summed E-state index contributed by atoms with van der Waals surface area (Å²) in [6, 6.07) is 23.3. The van der Waals surface area contributed by atoms with Gasteiger partial charge in [-0.25, -0.2) is 9.97 Å². The van der Waals surface area contributed by atoms with Crippen LogP contribution in [-0.2, 0) is 0 Å². The SMILES string of the molecule is Cc1cc(-c2nc3ccccc3o2)cc(-c2cc(-c3nc4ccccc4o3)cc(C)n2)n1. The van der Waals surface area contributed by atoms with Gasteiger partial charge in [0.1, 0.15) is 11.0 Å². The van der Waals surface area contributed by atoms with Crippen molar-refractivity contribution in [1.29, 1.82) is 0 Å². The maximum atomic E-state index is 5.97. The predicted octanol–water partition coefficient (Wildman–Crippen LogP) is 6.38. The molecular weight excluding hydrogens is 400 g/mol. The van der Waals surface area contributed by atoms with Gasteiger partial charge in [-0.3, -0.25) is 9.97 Å². The highest BCUT2D eigenvalue weighted by molar-refractivity contribution is 5.78. The summed E-state index contributed by atoms with van der Waals surface area (Å²) in [5, 5.41) is 0. The Hall–Kier alpha value is -4.32. The van der Waals surface area contributed by atoms with Gasteiger partial charge >= 0.3 is 0 Å². The Labute approximate surface area is 183 Å². The number of aromatic nitrogens is 4. The fourth-order valence-electron chi connectivity index (χ4n) is 3.84. The molecule has 0 saturated heterocycles. The van der Waals surface area contributed by atoms with Crippen molar-refractivity contribution in [2.75, 3.05) is 0 Å². The van der Waals surface area contributed by atoms with Gasteiger partial charge in [0.05, 0.1) is 11.4 Å². The minimum absolute atomic E-state index is 0.560. The summed E-state index contributed by atoms with van der Waals surface area (Å²) < 4.78 is 11.9. The Morgan fingerprint density at radius 2 is 0.969 bits per heavy atom. The van der Waals surface area contributed by atoms with Crippen LogP contribution in [0.2, 0.25) is 0 Å². The number of hydrogen-bond donors (Lipinski definition) is 0. The van der Waals surface area contributed by atoms with E-state index in [4.69, 9.17) is 18.8 Å². The van der Waals surface area contributed by atoms with Crippen molar-refractivity contribution in [3.63, 3.8) is 0 Å². The first-order chi connectivity index (χ1) is 15.6. The van der Waals surface area contributed by atoms with Gasteiger partial charge in [-0.05, 0) is 62.4 Å². The molecule has 4 heterocycles. The van der Waals surface area contributed by atoms with Gasteiger partial charge in [-0.2, -0.15) is 0 Å². The number of pyridine rings is 2. The number of nitrogens with zero attached hydrogens (tertiary/aromatic N) is 4. The minimum atomic E-state index is 0.560. The van der Waals surface area contributed by atoms with Gasteiger partial charge < -0.3 is 8.83 Å². The zero-order valence-electron chi connectivity index (χ0n) is 17.5. The van der Waals surface area contributed by atoms with Gasteiger partial charge in [-0.1, -0.05) is 24.3 Å². The first-order valence-corrected chi connectivity index (χ1v) is 10.3. The van der Waals surface area contributed by atoms with E-state index < -0.39 is 0 Å². The van der Waals surface area contributed by atoms with Crippen LogP contribution in [-0.4, -0.2) is 19.9 Å². The molecule has 0 spiro atoms. The molecule has 6 heteroatoms. The van der Waals surface area contributed by atoms with Gasteiger partial charge in [-0.15, -0.1) is 0 Å². The Morgan fingerprint density at radius 1 is 0.531 bits per heavy atom. The minimum Gasteiger partial charge on any atom is -0.436 e. The lowest BCUT2D eigenvalue weighted by atomic mass is 10.1. The van der Waals surface area contributed by atoms with E-state index in [1.807, 2.05) is 86.6 Å². The molecule has 6 nitrogen and oxygen atoms in total. The number of hydrogen-bond acceptors (Lipinski definition) is 6. The molecule has 0 radical (unpaired) electrons. The second-order valence-corrected chi connectivity index (χ2v) is 7.74. The maximum absolute atomic E-state index is 5.97. The molecule has 0 aliphatic carbocycles. The number of fused-ring (bicyclic) bond motifs is 2. The van der Waals surface area contributed by atoms with E-state index in [0.717, 1.165) is 56.1 Å². The third kappa shape index (κ3) is 3.22. The summed E-state index contributed by atoms with van der Waals surface area (Å²) in [4.78, 5) is 18.7.